The van der Waals surface area contributed by atoms with Gasteiger partial charge in [-0.15, -0.1) is 0 Å². The maximum Gasteiger partial charge on any atom is 0.166 e. The van der Waals surface area contributed by atoms with Gasteiger partial charge in [-0.25, -0.2) is 0 Å². The molecule has 1 aromatic heterocycles. The summed E-state index contributed by atoms with van der Waals surface area (Å²) in [5.74, 6) is 0. The van der Waals surface area contributed by atoms with Crippen LogP contribution in [0, 0.1) is 6.92 Å². The van der Waals surface area contributed by atoms with E-state index in [0.29, 0.717) is 5.69 Å². The average Bonchev–Trinajstić information content (AvgIpc) is 2.33. The van der Waals surface area contributed by atoms with E-state index in [1.807, 2.05) is 32.1 Å². The molecule has 0 atom stereocenters. The van der Waals surface area contributed by atoms with Gasteiger partial charge in [-0.2, -0.15) is 0 Å². The molecule has 1 aromatic rings. The molecular formula is C9H11NO. The van der Waals surface area contributed by atoms with Crippen molar-refractivity contribution in [2.24, 2.45) is 0 Å². The van der Waals surface area contributed by atoms with Crippen LogP contribution < -0.4 is 0 Å². The third kappa shape index (κ3) is 1.58. The Morgan fingerprint density at radius 1 is 1.55 bits per heavy atom. The van der Waals surface area contributed by atoms with Crippen molar-refractivity contribution in [3.63, 3.8) is 0 Å². The number of aromatic amines is 1. The monoisotopic (exact) mass is 149 g/mol. The Balaban J connectivity index is 3.06. The summed E-state index contributed by atoms with van der Waals surface area (Å²) in [7, 11) is 0. The van der Waals surface area contributed by atoms with Crippen molar-refractivity contribution in [2.75, 3.05) is 0 Å². The van der Waals surface area contributed by atoms with E-state index in [4.69, 9.17) is 0 Å². The number of aldehydes is 1. The number of carbonyl (C=O) groups is 1. The first-order valence-electron chi connectivity index (χ1n) is 3.55. The number of hydrogen-bond donors (Lipinski definition) is 1. The first kappa shape index (κ1) is 7.79. The summed E-state index contributed by atoms with van der Waals surface area (Å²) in [5, 5.41) is 0. The normalized spacial score (nSPS) is 10.7. The zero-order valence-corrected chi connectivity index (χ0v) is 6.72. The van der Waals surface area contributed by atoms with Crippen molar-refractivity contribution < 1.29 is 4.79 Å². The predicted octanol–water partition coefficient (Wildman–Crippen LogP) is 2.17. The van der Waals surface area contributed by atoms with E-state index >= 15 is 0 Å². The molecule has 0 radical (unpaired) electrons. The Morgan fingerprint density at radius 2 is 2.27 bits per heavy atom. The van der Waals surface area contributed by atoms with Crippen LogP contribution in [-0.4, -0.2) is 11.3 Å². The van der Waals surface area contributed by atoms with Gasteiger partial charge >= 0.3 is 0 Å². The highest BCUT2D eigenvalue weighted by atomic mass is 16.1. The fourth-order valence-electron chi connectivity index (χ4n) is 1.00. The summed E-state index contributed by atoms with van der Waals surface area (Å²) in [6.45, 7) is 3.92. The molecule has 2 heteroatoms. The highest BCUT2D eigenvalue weighted by Gasteiger charge is 1.98. The molecular weight excluding hydrogens is 138 g/mol. The Labute approximate surface area is 65.9 Å². The molecule has 2 nitrogen and oxygen atoms in total. The van der Waals surface area contributed by atoms with Gasteiger partial charge in [-0.3, -0.25) is 4.79 Å². The van der Waals surface area contributed by atoms with Crippen molar-refractivity contribution >= 4 is 12.4 Å². The van der Waals surface area contributed by atoms with Crippen LogP contribution in [0.4, 0.5) is 0 Å². The lowest BCUT2D eigenvalue weighted by atomic mass is 10.2. The summed E-state index contributed by atoms with van der Waals surface area (Å²) in [6, 6.07) is 1.84. The molecule has 1 N–H and O–H groups in total. The molecule has 0 bridgehead atoms. The minimum Gasteiger partial charge on any atom is -0.353 e. The molecule has 1 heterocycles. The van der Waals surface area contributed by atoms with E-state index in [1.165, 1.54) is 0 Å². The van der Waals surface area contributed by atoms with Crippen molar-refractivity contribution in [2.45, 2.75) is 13.8 Å². The first-order valence-corrected chi connectivity index (χ1v) is 3.55. The highest BCUT2D eigenvalue weighted by Crippen LogP contribution is 2.09. The van der Waals surface area contributed by atoms with Crippen LogP contribution in [-0.2, 0) is 0 Å². The molecule has 0 amide bonds. The average molecular weight is 149 g/mol. The lowest BCUT2D eigenvalue weighted by molar-refractivity contribution is 0.111. The van der Waals surface area contributed by atoms with Crippen LogP contribution in [0.15, 0.2) is 12.1 Å². The maximum absolute atomic E-state index is 10.3. The van der Waals surface area contributed by atoms with E-state index in [0.717, 1.165) is 17.5 Å². The van der Waals surface area contributed by atoms with Gasteiger partial charge in [0.15, 0.2) is 6.29 Å². The number of nitrogens with one attached hydrogen (secondary N) is 1. The van der Waals surface area contributed by atoms with Crippen LogP contribution in [0.25, 0.3) is 6.08 Å². The van der Waals surface area contributed by atoms with Gasteiger partial charge in [-0.05, 0) is 31.6 Å². The summed E-state index contributed by atoms with van der Waals surface area (Å²) < 4.78 is 0. The topological polar surface area (TPSA) is 32.9 Å². The molecule has 0 spiro atoms. The zero-order valence-electron chi connectivity index (χ0n) is 6.72. The molecule has 1 rings (SSSR count). The number of aryl methyl sites for hydroxylation is 1. The quantitative estimate of drug-likeness (QED) is 0.642. The Hall–Kier alpha value is -1.31. The summed E-state index contributed by atoms with van der Waals surface area (Å²) in [4.78, 5) is 13.3. The Kier molecular flexibility index (Phi) is 2.26. The fraction of sp³-hybridized carbons (Fsp3) is 0.222. The summed E-state index contributed by atoms with van der Waals surface area (Å²) >= 11 is 0. The summed E-state index contributed by atoms with van der Waals surface area (Å²) in [5.41, 5.74) is 2.75. The molecule has 0 saturated carbocycles. The lowest BCUT2D eigenvalue weighted by Crippen LogP contribution is -1.77. The second-order valence-electron chi connectivity index (χ2n) is 2.44. The van der Waals surface area contributed by atoms with Crippen molar-refractivity contribution in [3.05, 3.63) is 29.1 Å². The number of aromatic nitrogens is 1. The number of allylic oxidation sites excluding steroid dienone is 1. The smallest absolute Gasteiger partial charge is 0.166 e. The summed E-state index contributed by atoms with van der Waals surface area (Å²) in [6.07, 6.45) is 4.70. The Bertz CT molecular complexity index is 284. The van der Waals surface area contributed by atoms with E-state index in [1.54, 1.807) is 0 Å². The number of hydrogen-bond acceptors (Lipinski definition) is 1. The van der Waals surface area contributed by atoms with Crippen molar-refractivity contribution in [1.29, 1.82) is 0 Å². The molecule has 0 unspecified atom stereocenters. The van der Waals surface area contributed by atoms with Crippen LogP contribution in [0.1, 0.15) is 28.7 Å². The Morgan fingerprint density at radius 3 is 2.73 bits per heavy atom. The van der Waals surface area contributed by atoms with Gasteiger partial charge < -0.3 is 4.98 Å². The van der Waals surface area contributed by atoms with Gasteiger partial charge in [-0.1, -0.05) is 6.08 Å². The van der Waals surface area contributed by atoms with Gasteiger partial charge in [0.25, 0.3) is 0 Å². The van der Waals surface area contributed by atoms with Crippen LogP contribution in [0.3, 0.4) is 0 Å². The van der Waals surface area contributed by atoms with Crippen LogP contribution in [0.2, 0.25) is 0 Å². The minimum absolute atomic E-state index is 0.635. The predicted molar refractivity (Wildman–Crippen MR) is 45.6 cm³/mol. The van der Waals surface area contributed by atoms with Gasteiger partial charge in [0.1, 0.15) is 0 Å². The van der Waals surface area contributed by atoms with E-state index in [2.05, 4.69) is 4.98 Å². The molecule has 0 aliphatic rings. The standard InChI is InChI=1S/C9H11NO/c1-3-4-9-7(2)5-8(6-11)10-9/h3-6,10H,1-2H3. The zero-order chi connectivity index (χ0) is 8.27. The molecule has 0 aliphatic carbocycles. The van der Waals surface area contributed by atoms with Gasteiger partial charge in [0.05, 0.1) is 5.69 Å². The highest BCUT2D eigenvalue weighted by molar-refractivity contribution is 5.74. The minimum atomic E-state index is 0.635. The molecule has 0 aromatic carbocycles. The van der Waals surface area contributed by atoms with Crippen LogP contribution in [0.5, 0.6) is 0 Å². The lowest BCUT2D eigenvalue weighted by Gasteiger charge is -1.86. The van der Waals surface area contributed by atoms with Crippen LogP contribution >= 0.6 is 0 Å². The SMILES string of the molecule is CC=Cc1[nH]c(C=O)cc1C. The fourth-order valence-corrected chi connectivity index (χ4v) is 1.00. The first-order chi connectivity index (χ1) is 5.27. The second kappa shape index (κ2) is 3.19. The third-order valence-corrected chi connectivity index (χ3v) is 1.54. The molecule has 58 valence electrons. The number of H-pyrrole nitrogens is 1. The number of rotatable bonds is 2. The molecule has 0 fully saturated rings. The van der Waals surface area contributed by atoms with E-state index < -0.39 is 0 Å². The van der Waals surface area contributed by atoms with Gasteiger partial charge in [0, 0.05) is 5.69 Å². The maximum atomic E-state index is 10.3. The van der Waals surface area contributed by atoms with Crippen molar-refractivity contribution in [1.82, 2.24) is 4.98 Å². The second-order valence-corrected chi connectivity index (χ2v) is 2.44. The third-order valence-electron chi connectivity index (χ3n) is 1.54. The molecule has 0 aliphatic heterocycles. The largest absolute Gasteiger partial charge is 0.353 e. The van der Waals surface area contributed by atoms with Crippen molar-refractivity contribution in [3.8, 4) is 0 Å². The number of carbonyl (C=O) groups excluding carboxylic acids is 1. The van der Waals surface area contributed by atoms with Gasteiger partial charge in [0.2, 0.25) is 0 Å². The van der Waals surface area contributed by atoms with E-state index in [9.17, 15) is 4.79 Å². The molecule has 0 saturated heterocycles. The van der Waals surface area contributed by atoms with E-state index in [-0.39, 0.29) is 0 Å². The molecule has 11 heavy (non-hydrogen) atoms.